The van der Waals surface area contributed by atoms with E-state index in [0.29, 0.717) is 6.54 Å². The molecular weight excluding hydrogens is 222 g/mol. The second-order valence-electron chi connectivity index (χ2n) is 4.29. The van der Waals surface area contributed by atoms with E-state index in [9.17, 15) is 0 Å². The highest BCUT2D eigenvalue weighted by Gasteiger charge is 2.17. The van der Waals surface area contributed by atoms with Crippen LogP contribution in [0, 0.1) is 5.92 Å². The van der Waals surface area contributed by atoms with Crippen molar-refractivity contribution in [3.63, 3.8) is 0 Å². The highest BCUT2D eigenvalue weighted by Crippen LogP contribution is 2.27. The number of halogens is 1. The molecule has 1 aliphatic rings. The van der Waals surface area contributed by atoms with Gasteiger partial charge >= 0.3 is 0 Å². The van der Waals surface area contributed by atoms with Gasteiger partial charge in [-0.15, -0.1) is 12.4 Å². The number of hydrogen-bond acceptors (Lipinski definition) is 2. The minimum atomic E-state index is 0. The summed E-state index contributed by atoms with van der Waals surface area (Å²) in [6.07, 6.45) is 5.00. The summed E-state index contributed by atoms with van der Waals surface area (Å²) in [6, 6.07) is 8.29. The van der Waals surface area contributed by atoms with Gasteiger partial charge in [0, 0.05) is 0 Å². The predicted molar refractivity (Wildman–Crippen MR) is 69.3 cm³/mol. The molecule has 1 aromatic carbocycles. The molecule has 16 heavy (non-hydrogen) atoms. The Morgan fingerprint density at radius 2 is 1.88 bits per heavy atom. The maximum Gasteiger partial charge on any atom is 0.119 e. The van der Waals surface area contributed by atoms with Gasteiger partial charge in [0.1, 0.15) is 5.75 Å². The van der Waals surface area contributed by atoms with Crippen LogP contribution < -0.4 is 10.5 Å². The van der Waals surface area contributed by atoms with E-state index in [0.717, 1.165) is 24.7 Å². The van der Waals surface area contributed by atoms with Crippen LogP contribution in [0.5, 0.6) is 5.75 Å². The minimum Gasteiger partial charge on any atom is -0.493 e. The van der Waals surface area contributed by atoms with Crippen LogP contribution in [0.3, 0.4) is 0 Å². The number of hydrogen-bond donors (Lipinski definition) is 1. The number of rotatable bonds is 5. The number of benzene rings is 1. The lowest BCUT2D eigenvalue weighted by molar-refractivity contribution is 0.180. The van der Waals surface area contributed by atoms with Crippen LogP contribution in [0.15, 0.2) is 24.3 Å². The number of ether oxygens (including phenoxy) is 1. The molecule has 0 amide bonds. The fraction of sp³-hybridized carbons (Fsp3) is 0.538. The molecule has 0 spiro atoms. The Balaban J connectivity index is 0.00000128. The van der Waals surface area contributed by atoms with Crippen molar-refractivity contribution >= 4 is 12.4 Å². The summed E-state index contributed by atoms with van der Waals surface area (Å²) in [5, 5.41) is 0. The minimum absolute atomic E-state index is 0. The first kappa shape index (κ1) is 13.3. The lowest BCUT2D eigenvalue weighted by Crippen LogP contribution is -2.19. The first-order chi connectivity index (χ1) is 7.38. The molecule has 0 unspecified atom stereocenters. The third kappa shape index (κ3) is 3.69. The van der Waals surface area contributed by atoms with Crippen LogP contribution in [-0.2, 0) is 6.42 Å². The predicted octanol–water partition coefficient (Wildman–Crippen LogP) is 2.79. The first-order valence-electron chi connectivity index (χ1n) is 5.80. The Bertz CT molecular complexity index is 295. The van der Waals surface area contributed by atoms with Gasteiger partial charge in [-0.1, -0.05) is 18.6 Å². The third-order valence-corrected chi connectivity index (χ3v) is 3.07. The molecule has 1 aliphatic carbocycles. The lowest BCUT2D eigenvalue weighted by atomic mass is 9.86. The van der Waals surface area contributed by atoms with Gasteiger partial charge < -0.3 is 10.5 Å². The summed E-state index contributed by atoms with van der Waals surface area (Å²) in [5.74, 6) is 1.79. The molecule has 0 aliphatic heterocycles. The molecule has 0 atom stereocenters. The van der Waals surface area contributed by atoms with Gasteiger partial charge in [-0.05, 0) is 49.4 Å². The van der Waals surface area contributed by atoms with E-state index in [1.54, 1.807) is 0 Å². The molecule has 0 saturated heterocycles. The smallest absolute Gasteiger partial charge is 0.119 e. The van der Waals surface area contributed by atoms with Crippen molar-refractivity contribution in [2.24, 2.45) is 11.7 Å². The van der Waals surface area contributed by atoms with E-state index in [4.69, 9.17) is 10.5 Å². The fourth-order valence-electron chi connectivity index (χ4n) is 1.79. The van der Waals surface area contributed by atoms with Crippen molar-refractivity contribution in [2.45, 2.75) is 25.7 Å². The summed E-state index contributed by atoms with van der Waals surface area (Å²) in [7, 11) is 0. The Morgan fingerprint density at radius 3 is 2.38 bits per heavy atom. The molecule has 0 heterocycles. The zero-order valence-electron chi connectivity index (χ0n) is 9.52. The van der Waals surface area contributed by atoms with E-state index in [-0.39, 0.29) is 12.4 Å². The van der Waals surface area contributed by atoms with Gasteiger partial charge in [0.25, 0.3) is 0 Å². The maximum absolute atomic E-state index is 5.71. The second-order valence-corrected chi connectivity index (χ2v) is 4.29. The average molecular weight is 242 g/mol. The lowest BCUT2D eigenvalue weighted by Gasteiger charge is -2.25. The third-order valence-electron chi connectivity index (χ3n) is 3.07. The summed E-state index contributed by atoms with van der Waals surface area (Å²) < 4.78 is 5.71. The van der Waals surface area contributed by atoms with E-state index in [2.05, 4.69) is 12.1 Å². The Labute approximate surface area is 104 Å². The highest BCUT2D eigenvalue weighted by molar-refractivity contribution is 5.85. The van der Waals surface area contributed by atoms with Crippen molar-refractivity contribution in [1.29, 1.82) is 0 Å². The van der Waals surface area contributed by atoms with Crippen molar-refractivity contribution in [3.8, 4) is 5.75 Å². The van der Waals surface area contributed by atoms with Gasteiger partial charge in [-0.2, -0.15) is 0 Å². The molecule has 3 heteroatoms. The zero-order chi connectivity index (χ0) is 10.5. The number of nitrogens with two attached hydrogens (primary N) is 1. The molecule has 0 radical (unpaired) electrons. The molecule has 1 aromatic rings. The Morgan fingerprint density at radius 1 is 1.19 bits per heavy atom. The van der Waals surface area contributed by atoms with E-state index in [1.807, 2.05) is 12.1 Å². The van der Waals surface area contributed by atoms with Gasteiger partial charge in [0.15, 0.2) is 0 Å². The largest absolute Gasteiger partial charge is 0.493 e. The van der Waals surface area contributed by atoms with Crippen LogP contribution in [0.1, 0.15) is 24.8 Å². The monoisotopic (exact) mass is 241 g/mol. The second kappa shape index (κ2) is 6.77. The molecule has 90 valence electrons. The molecule has 1 saturated carbocycles. The quantitative estimate of drug-likeness (QED) is 0.861. The van der Waals surface area contributed by atoms with Crippen LogP contribution in [0.4, 0.5) is 0 Å². The standard InChI is InChI=1S/C13H19NO.ClH/c14-9-8-11-4-6-13(7-5-11)15-10-12-2-1-3-12;/h4-7,12H,1-3,8-10,14H2;1H. The fourth-order valence-corrected chi connectivity index (χ4v) is 1.79. The van der Waals surface area contributed by atoms with Crippen LogP contribution in [0.2, 0.25) is 0 Å². The molecule has 2 nitrogen and oxygen atoms in total. The van der Waals surface area contributed by atoms with Gasteiger partial charge in [-0.25, -0.2) is 0 Å². The van der Waals surface area contributed by atoms with Gasteiger partial charge in [-0.3, -0.25) is 0 Å². The SMILES string of the molecule is Cl.NCCc1ccc(OCC2CCC2)cc1. The van der Waals surface area contributed by atoms with Gasteiger partial charge in [0.2, 0.25) is 0 Å². The Kier molecular flexibility index (Phi) is 5.64. The van der Waals surface area contributed by atoms with Crippen LogP contribution in [0.25, 0.3) is 0 Å². The topological polar surface area (TPSA) is 35.2 Å². The van der Waals surface area contributed by atoms with E-state index >= 15 is 0 Å². The molecule has 2 N–H and O–H groups in total. The maximum atomic E-state index is 5.71. The van der Waals surface area contributed by atoms with E-state index < -0.39 is 0 Å². The molecule has 2 rings (SSSR count). The molecule has 0 bridgehead atoms. The van der Waals surface area contributed by atoms with E-state index in [1.165, 1.54) is 24.8 Å². The van der Waals surface area contributed by atoms with Crippen molar-refractivity contribution in [3.05, 3.63) is 29.8 Å². The first-order valence-corrected chi connectivity index (χ1v) is 5.80. The van der Waals surface area contributed by atoms with Crippen molar-refractivity contribution < 1.29 is 4.74 Å². The van der Waals surface area contributed by atoms with Gasteiger partial charge in [0.05, 0.1) is 6.61 Å². The summed E-state index contributed by atoms with van der Waals surface area (Å²) in [5.41, 5.74) is 6.78. The Hall–Kier alpha value is -0.730. The van der Waals surface area contributed by atoms with Crippen molar-refractivity contribution in [1.82, 2.24) is 0 Å². The average Bonchev–Trinajstić information content (AvgIpc) is 2.19. The summed E-state index contributed by atoms with van der Waals surface area (Å²) >= 11 is 0. The molecular formula is C13H20ClNO. The summed E-state index contributed by atoms with van der Waals surface area (Å²) in [6.45, 7) is 1.60. The molecule has 1 fully saturated rings. The van der Waals surface area contributed by atoms with Crippen LogP contribution >= 0.6 is 12.4 Å². The van der Waals surface area contributed by atoms with Crippen LogP contribution in [-0.4, -0.2) is 13.2 Å². The molecule has 0 aromatic heterocycles. The summed E-state index contributed by atoms with van der Waals surface area (Å²) in [4.78, 5) is 0. The van der Waals surface area contributed by atoms with Crippen molar-refractivity contribution in [2.75, 3.05) is 13.2 Å². The zero-order valence-corrected chi connectivity index (χ0v) is 10.3. The highest BCUT2D eigenvalue weighted by atomic mass is 35.5. The normalized spacial score (nSPS) is 15.1.